The lowest BCUT2D eigenvalue weighted by atomic mass is 10.1. The molecule has 2 rings (SSSR count). The molecule has 6 heteroatoms. The van der Waals surface area contributed by atoms with Crippen LogP contribution in [0.25, 0.3) is 0 Å². The number of aryl methyl sites for hydroxylation is 1. The molecular formula is C24H31ClN2O3. The zero-order chi connectivity index (χ0) is 22.1. The summed E-state index contributed by atoms with van der Waals surface area (Å²) in [5.41, 5.74) is 2.08. The van der Waals surface area contributed by atoms with Gasteiger partial charge >= 0.3 is 0 Å². The third kappa shape index (κ3) is 6.77. The lowest BCUT2D eigenvalue weighted by molar-refractivity contribution is -0.143. The lowest BCUT2D eigenvalue weighted by Crippen LogP contribution is -2.51. The van der Waals surface area contributed by atoms with Crippen molar-refractivity contribution >= 4 is 23.4 Å². The Labute approximate surface area is 184 Å². The van der Waals surface area contributed by atoms with Crippen LogP contribution in [-0.4, -0.2) is 35.4 Å². The van der Waals surface area contributed by atoms with E-state index in [4.69, 9.17) is 16.3 Å². The molecule has 162 valence electrons. The predicted octanol–water partition coefficient (Wildman–Crippen LogP) is 4.75. The second-order valence-corrected chi connectivity index (χ2v) is 7.87. The van der Waals surface area contributed by atoms with E-state index in [0.29, 0.717) is 23.7 Å². The van der Waals surface area contributed by atoms with Crippen LogP contribution in [0.15, 0.2) is 48.5 Å². The van der Waals surface area contributed by atoms with Gasteiger partial charge in [-0.05, 0) is 62.1 Å². The third-order valence-corrected chi connectivity index (χ3v) is 5.42. The van der Waals surface area contributed by atoms with Gasteiger partial charge < -0.3 is 15.0 Å². The number of carbonyl (C=O) groups is 2. The maximum Gasteiger partial charge on any atom is 0.261 e. The van der Waals surface area contributed by atoms with E-state index in [1.165, 1.54) is 0 Å². The van der Waals surface area contributed by atoms with Crippen LogP contribution >= 0.6 is 11.6 Å². The summed E-state index contributed by atoms with van der Waals surface area (Å²) in [6.07, 6.45) is 1.34. The van der Waals surface area contributed by atoms with Gasteiger partial charge in [0.15, 0.2) is 6.61 Å². The van der Waals surface area contributed by atoms with Gasteiger partial charge in [-0.1, -0.05) is 49.7 Å². The number of nitrogens with zero attached hydrogens (tertiary/aromatic N) is 1. The van der Waals surface area contributed by atoms with Crippen LogP contribution < -0.4 is 10.1 Å². The molecule has 2 atom stereocenters. The Kier molecular flexibility index (Phi) is 9.18. The second-order valence-electron chi connectivity index (χ2n) is 7.43. The molecule has 0 saturated carbocycles. The number of hydrogen-bond donors (Lipinski definition) is 1. The number of benzene rings is 2. The van der Waals surface area contributed by atoms with E-state index >= 15 is 0 Å². The fourth-order valence-electron chi connectivity index (χ4n) is 3.09. The van der Waals surface area contributed by atoms with Gasteiger partial charge in [0.25, 0.3) is 5.91 Å². The molecule has 5 nitrogen and oxygen atoms in total. The number of ether oxygens (including phenoxy) is 1. The largest absolute Gasteiger partial charge is 0.484 e. The molecule has 0 unspecified atom stereocenters. The first-order valence-electron chi connectivity index (χ1n) is 10.4. The molecule has 2 amide bonds. The summed E-state index contributed by atoms with van der Waals surface area (Å²) in [6, 6.07) is 14.2. The van der Waals surface area contributed by atoms with Crippen LogP contribution in [0, 0.1) is 6.92 Å². The van der Waals surface area contributed by atoms with Crippen molar-refractivity contribution < 1.29 is 14.3 Å². The Hall–Kier alpha value is -2.53. The molecule has 0 saturated heterocycles. The van der Waals surface area contributed by atoms with E-state index in [9.17, 15) is 9.59 Å². The number of carbonyl (C=O) groups excluding carboxylic acids is 2. The first-order chi connectivity index (χ1) is 14.3. The topological polar surface area (TPSA) is 58.6 Å². The van der Waals surface area contributed by atoms with Crippen molar-refractivity contribution in [3.63, 3.8) is 0 Å². The highest BCUT2D eigenvalue weighted by Crippen LogP contribution is 2.18. The monoisotopic (exact) mass is 430 g/mol. The SMILES string of the molecule is CC[C@H](C(=O)N[C@@H](C)CC)N(Cc1ccccc1C)C(=O)COc1ccc(Cl)cc1. The number of rotatable bonds is 10. The van der Waals surface area contributed by atoms with Crippen LogP contribution in [0.2, 0.25) is 5.02 Å². The highest BCUT2D eigenvalue weighted by Gasteiger charge is 2.29. The van der Waals surface area contributed by atoms with Crippen molar-refractivity contribution in [1.82, 2.24) is 10.2 Å². The Morgan fingerprint density at radius 3 is 2.33 bits per heavy atom. The fourth-order valence-corrected chi connectivity index (χ4v) is 3.22. The van der Waals surface area contributed by atoms with Gasteiger partial charge in [-0.25, -0.2) is 0 Å². The summed E-state index contributed by atoms with van der Waals surface area (Å²) < 4.78 is 5.67. The van der Waals surface area contributed by atoms with Gasteiger partial charge in [0, 0.05) is 17.6 Å². The summed E-state index contributed by atoms with van der Waals surface area (Å²) in [7, 11) is 0. The second kappa shape index (κ2) is 11.6. The zero-order valence-corrected chi connectivity index (χ0v) is 18.9. The van der Waals surface area contributed by atoms with Gasteiger partial charge in [0.2, 0.25) is 5.91 Å². The van der Waals surface area contributed by atoms with Gasteiger partial charge in [0.1, 0.15) is 11.8 Å². The minimum atomic E-state index is -0.570. The normalized spacial score (nSPS) is 12.7. The summed E-state index contributed by atoms with van der Waals surface area (Å²) in [5.74, 6) is 0.181. The molecule has 0 spiro atoms. The maximum absolute atomic E-state index is 13.2. The van der Waals surface area contributed by atoms with Crippen molar-refractivity contribution in [2.45, 2.75) is 59.2 Å². The molecule has 2 aromatic rings. The first kappa shape index (κ1) is 23.7. The summed E-state index contributed by atoms with van der Waals surface area (Å²) in [4.78, 5) is 27.7. The lowest BCUT2D eigenvalue weighted by Gasteiger charge is -2.31. The van der Waals surface area contributed by atoms with E-state index in [1.807, 2.05) is 52.0 Å². The van der Waals surface area contributed by atoms with Gasteiger partial charge in [-0.15, -0.1) is 0 Å². The quantitative estimate of drug-likeness (QED) is 0.591. The van der Waals surface area contributed by atoms with Crippen molar-refractivity contribution in [2.24, 2.45) is 0 Å². The van der Waals surface area contributed by atoms with Crippen LogP contribution in [0.1, 0.15) is 44.7 Å². The minimum absolute atomic E-state index is 0.0484. The smallest absolute Gasteiger partial charge is 0.261 e. The number of amides is 2. The van der Waals surface area contributed by atoms with E-state index in [2.05, 4.69) is 5.32 Å². The number of nitrogens with one attached hydrogen (secondary N) is 1. The standard InChI is InChI=1S/C24H31ClN2O3/c1-5-18(4)26-24(29)22(6-2)27(15-19-10-8-7-9-17(19)3)23(28)16-30-21-13-11-20(25)12-14-21/h7-14,18,22H,5-6,15-16H2,1-4H3,(H,26,29)/t18-,22+/m0/s1. The zero-order valence-electron chi connectivity index (χ0n) is 18.2. The van der Waals surface area contributed by atoms with Gasteiger partial charge in [-0.3, -0.25) is 9.59 Å². The van der Waals surface area contributed by atoms with Crippen molar-refractivity contribution in [2.75, 3.05) is 6.61 Å². The molecule has 0 fully saturated rings. The summed E-state index contributed by atoms with van der Waals surface area (Å²) in [5, 5.41) is 3.61. The molecule has 0 heterocycles. The molecule has 0 aliphatic heterocycles. The molecule has 2 aromatic carbocycles. The molecule has 30 heavy (non-hydrogen) atoms. The Morgan fingerprint density at radius 2 is 1.73 bits per heavy atom. The van der Waals surface area contributed by atoms with Gasteiger partial charge in [-0.2, -0.15) is 0 Å². The van der Waals surface area contributed by atoms with Crippen LogP contribution in [-0.2, 0) is 16.1 Å². The van der Waals surface area contributed by atoms with Crippen molar-refractivity contribution in [3.8, 4) is 5.75 Å². The van der Waals surface area contributed by atoms with E-state index in [-0.39, 0.29) is 24.5 Å². The molecule has 0 radical (unpaired) electrons. The Bertz CT molecular complexity index is 839. The average molecular weight is 431 g/mol. The van der Waals surface area contributed by atoms with E-state index < -0.39 is 6.04 Å². The predicted molar refractivity (Wildman–Crippen MR) is 121 cm³/mol. The summed E-state index contributed by atoms with van der Waals surface area (Å²) in [6.45, 7) is 8.09. The molecule has 0 aliphatic rings. The maximum atomic E-state index is 13.2. The Balaban J connectivity index is 2.21. The van der Waals surface area contributed by atoms with Crippen molar-refractivity contribution in [1.29, 1.82) is 0 Å². The minimum Gasteiger partial charge on any atom is -0.484 e. The molecule has 0 bridgehead atoms. The third-order valence-electron chi connectivity index (χ3n) is 5.16. The number of halogens is 1. The van der Waals surface area contributed by atoms with Crippen molar-refractivity contribution in [3.05, 3.63) is 64.7 Å². The first-order valence-corrected chi connectivity index (χ1v) is 10.8. The molecule has 0 aromatic heterocycles. The average Bonchev–Trinajstić information content (AvgIpc) is 2.74. The Morgan fingerprint density at radius 1 is 1.07 bits per heavy atom. The summed E-state index contributed by atoms with van der Waals surface area (Å²) >= 11 is 5.90. The highest BCUT2D eigenvalue weighted by molar-refractivity contribution is 6.30. The highest BCUT2D eigenvalue weighted by atomic mass is 35.5. The van der Waals surface area contributed by atoms with Gasteiger partial charge in [0.05, 0.1) is 0 Å². The van der Waals surface area contributed by atoms with Crippen LogP contribution in [0.3, 0.4) is 0 Å². The van der Waals surface area contributed by atoms with E-state index in [1.54, 1.807) is 29.2 Å². The molecule has 0 aliphatic carbocycles. The molecule has 1 N–H and O–H groups in total. The van der Waals surface area contributed by atoms with Crippen LogP contribution in [0.5, 0.6) is 5.75 Å². The molecular weight excluding hydrogens is 400 g/mol. The fraction of sp³-hybridized carbons (Fsp3) is 0.417. The van der Waals surface area contributed by atoms with Crippen LogP contribution in [0.4, 0.5) is 0 Å². The van der Waals surface area contributed by atoms with E-state index in [0.717, 1.165) is 17.5 Å². The number of hydrogen-bond acceptors (Lipinski definition) is 3.